The second-order valence-electron chi connectivity index (χ2n) is 7.07. The number of rotatable bonds is 3. The summed E-state index contributed by atoms with van der Waals surface area (Å²) in [6, 6.07) is 13.4. The maximum absolute atomic E-state index is 14.4. The molecule has 2 aromatic rings. The highest BCUT2D eigenvalue weighted by Crippen LogP contribution is 2.41. The number of halogens is 1. The number of hydrogen-bond acceptors (Lipinski definition) is 4. The molecule has 5 nitrogen and oxygen atoms in total. The number of amidine groups is 1. The van der Waals surface area contributed by atoms with Crippen molar-refractivity contribution >= 4 is 38.4 Å². The highest BCUT2D eigenvalue weighted by molar-refractivity contribution is 8.16. The predicted molar refractivity (Wildman–Crippen MR) is 110 cm³/mol. The van der Waals surface area contributed by atoms with E-state index in [2.05, 4.69) is 4.99 Å². The molecule has 0 N–H and O–H groups in total. The summed E-state index contributed by atoms with van der Waals surface area (Å²) in [5, 5.41) is 0.114. The zero-order valence-corrected chi connectivity index (χ0v) is 16.8. The van der Waals surface area contributed by atoms with Crippen molar-refractivity contribution in [2.24, 2.45) is 4.99 Å². The quantitative estimate of drug-likeness (QED) is 0.767. The zero-order chi connectivity index (χ0) is 19.9. The number of amides is 1. The number of benzene rings is 2. The van der Waals surface area contributed by atoms with Gasteiger partial charge in [-0.1, -0.05) is 53.7 Å². The monoisotopic (exact) mass is 418 g/mol. The van der Waals surface area contributed by atoms with Gasteiger partial charge in [0, 0.05) is 5.25 Å². The van der Waals surface area contributed by atoms with Gasteiger partial charge in [-0.15, -0.1) is 0 Å². The number of nitrogens with zero attached hydrogens (tertiary/aromatic N) is 2. The van der Waals surface area contributed by atoms with Crippen molar-refractivity contribution in [1.29, 1.82) is 0 Å². The molecule has 2 saturated heterocycles. The predicted octanol–water partition coefficient (Wildman–Crippen LogP) is 2.98. The normalized spacial score (nSPS) is 24.5. The molecule has 2 fully saturated rings. The first kappa shape index (κ1) is 19.1. The molecular formula is C20H19FN2O3S2. The lowest BCUT2D eigenvalue weighted by Crippen LogP contribution is -2.38. The first-order valence-electron chi connectivity index (χ1n) is 8.90. The molecule has 28 heavy (non-hydrogen) atoms. The fourth-order valence-corrected chi connectivity index (χ4v) is 7.44. The van der Waals surface area contributed by atoms with E-state index in [1.807, 2.05) is 31.2 Å². The minimum Gasteiger partial charge on any atom is -0.313 e. The van der Waals surface area contributed by atoms with E-state index in [0.717, 1.165) is 11.1 Å². The second-order valence-corrected chi connectivity index (χ2v) is 10.4. The number of carbonyl (C=O) groups excluding carboxylic acids is 1. The van der Waals surface area contributed by atoms with Crippen molar-refractivity contribution in [1.82, 2.24) is 0 Å². The molecule has 0 aliphatic carbocycles. The smallest absolute Gasteiger partial charge is 0.252 e. The standard InChI is InChI=1S/C20H19FN2O3S2/c1-13-6-8-14(9-7-13)10-19(24)22-20-23(16-5-3-2-4-15(16)21)17-11-28(25,26)12-18(17)27-20/h2-9,17-18H,10-12H2,1H3/t17-,18+/m0/s1. The summed E-state index contributed by atoms with van der Waals surface area (Å²) < 4.78 is 38.6. The zero-order valence-electron chi connectivity index (χ0n) is 15.2. The van der Waals surface area contributed by atoms with Gasteiger partial charge in [0.2, 0.25) is 0 Å². The summed E-state index contributed by atoms with van der Waals surface area (Å²) in [6.45, 7) is 1.97. The molecule has 1 amide bonds. The van der Waals surface area contributed by atoms with Crippen molar-refractivity contribution < 1.29 is 17.6 Å². The minimum atomic E-state index is -3.19. The van der Waals surface area contributed by atoms with Crippen LogP contribution in [0.1, 0.15) is 11.1 Å². The van der Waals surface area contributed by atoms with Crippen molar-refractivity contribution in [3.8, 4) is 0 Å². The summed E-state index contributed by atoms with van der Waals surface area (Å²) in [4.78, 5) is 18.3. The summed E-state index contributed by atoms with van der Waals surface area (Å²) in [5.41, 5.74) is 2.21. The van der Waals surface area contributed by atoms with E-state index >= 15 is 0 Å². The number of para-hydroxylation sites is 1. The molecule has 0 unspecified atom stereocenters. The van der Waals surface area contributed by atoms with Crippen LogP contribution in [-0.4, -0.2) is 42.3 Å². The number of fused-ring (bicyclic) bond motifs is 1. The fourth-order valence-electron chi connectivity index (χ4n) is 3.52. The van der Waals surface area contributed by atoms with E-state index < -0.39 is 21.7 Å². The van der Waals surface area contributed by atoms with E-state index in [4.69, 9.17) is 0 Å². The SMILES string of the molecule is Cc1ccc(CC(=O)N=C2S[C@@H]3CS(=O)(=O)C[C@@H]3N2c2ccccc2F)cc1. The molecule has 0 bridgehead atoms. The van der Waals surface area contributed by atoms with Crippen LogP contribution in [0.3, 0.4) is 0 Å². The molecule has 0 aromatic heterocycles. The van der Waals surface area contributed by atoms with Crippen LogP contribution in [0.15, 0.2) is 53.5 Å². The van der Waals surface area contributed by atoms with Crippen molar-refractivity contribution in [3.63, 3.8) is 0 Å². The van der Waals surface area contributed by atoms with Gasteiger partial charge in [-0.3, -0.25) is 4.79 Å². The Morgan fingerprint density at radius 3 is 2.61 bits per heavy atom. The molecule has 8 heteroatoms. The third kappa shape index (κ3) is 3.84. The van der Waals surface area contributed by atoms with E-state index in [9.17, 15) is 17.6 Å². The Morgan fingerprint density at radius 2 is 1.89 bits per heavy atom. The average Bonchev–Trinajstić information content (AvgIpc) is 3.08. The van der Waals surface area contributed by atoms with Crippen LogP contribution in [0.5, 0.6) is 0 Å². The maximum Gasteiger partial charge on any atom is 0.252 e. The first-order chi connectivity index (χ1) is 13.3. The van der Waals surface area contributed by atoms with Crippen molar-refractivity contribution in [2.75, 3.05) is 16.4 Å². The van der Waals surface area contributed by atoms with Crippen LogP contribution in [-0.2, 0) is 21.1 Å². The van der Waals surface area contributed by atoms with Gasteiger partial charge in [-0.25, -0.2) is 12.8 Å². The first-order valence-corrected chi connectivity index (χ1v) is 11.6. The van der Waals surface area contributed by atoms with Gasteiger partial charge >= 0.3 is 0 Å². The summed E-state index contributed by atoms with van der Waals surface area (Å²) in [7, 11) is -3.19. The maximum atomic E-state index is 14.4. The van der Waals surface area contributed by atoms with Crippen LogP contribution in [0, 0.1) is 12.7 Å². The number of aliphatic imine (C=N–C) groups is 1. The molecular weight excluding hydrogens is 399 g/mol. The number of aryl methyl sites for hydroxylation is 1. The fraction of sp³-hybridized carbons (Fsp3) is 0.300. The number of sulfone groups is 1. The number of thioether (sulfide) groups is 1. The Morgan fingerprint density at radius 1 is 1.18 bits per heavy atom. The van der Waals surface area contributed by atoms with Crippen molar-refractivity contribution in [3.05, 3.63) is 65.5 Å². The summed E-state index contributed by atoms with van der Waals surface area (Å²) in [5.74, 6) is -0.856. The van der Waals surface area contributed by atoms with E-state index in [-0.39, 0.29) is 34.8 Å². The van der Waals surface area contributed by atoms with Crippen molar-refractivity contribution in [2.45, 2.75) is 24.6 Å². The Balaban J connectivity index is 1.65. The van der Waals surface area contributed by atoms with Gasteiger partial charge in [-0.05, 0) is 24.6 Å². The Labute approximate surface area is 167 Å². The highest BCUT2D eigenvalue weighted by atomic mass is 32.2. The molecule has 146 valence electrons. The third-order valence-electron chi connectivity index (χ3n) is 4.87. The molecule has 0 saturated carbocycles. The van der Waals surface area contributed by atoms with Crippen LogP contribution in [0.4, 0.5) is 10.1 Å². The Bertz CT molecular complexity index is 1050. The molecule has 2 aliphatic heterocycles. The Hall–Kier alpha value is -2.19. The molecule has 2 aliphatic rings. The van der Waals surface area contributed by atoms with Gasteiger partial charge in [-0.2, -0.15) is 4.99 Å². The highest BCUT2D eigenvalue weighted by Gasteiger charge is 2.49. The van der Waals surface area contributed by atoms with E-state index in [1.165, 1.54) is 17.8 Å². The van der Waals surface area contributed by atoms with Gasteiger partial charge in [0.15, 0.2) is 15.0 Å². The second kappa shape index (κ2) is 7.33. The molecule has 0 radical (unpaired) electrons. The summed E-state index contributed by atoms with van der Waals surface area (Å²) in [6.07, 6.45) is 0.142. The number of anilines is 1. The average molecular weight is 419 g/mol. The topological polar surface area (TPSA) is 66.8 Å². The van der Waals surface area contributed by atoms with Gasteiger partial charge in [0.25, 0.3) is 5.91 Å². The summed E-state index contributed by atoms with van der Waals surface area (Å²) >= 11 is 1.25. The lowest BCUT2D eigenvalue weighted by Gasteiger charge is -2.24. The molecule has 2 aromatic carbocycles. The third-order valence-corrected chi connectivity index (χ3v) is 8.08. The molecule has 2 atom stereocenters. The van der Waals surface area contributed by atoms with E-state index in [0.29, 0.717) is 5.17 Å². The van der Waals surface area contributed by atoms with Gasteiger partial charge in [0.1, 0.15) is 5.82 Å². The van der Waals surface area contributed by atoms with Gasteiger partial charge < -0.3 is 4.90 Å². The molecule has 4 rings (SSSR count). The van der Waals surface area contributed by atoms with Crippen LogP contribution >= 0.6 is 11.8 Å². The van der Waals surface area contributed by atoms with Crippen LogP contribution in [0.2, 0.25) is 0 Å². The molecule has 0 spiro atoms. The largest absolute Gasteiger partial charge is 0.313 e. The number of carbonyl (C=O) groups is 1. The number of hydrogen-bond donors (Lipinski definition) is 0. The lowest BCUT2D eigenvalue weighted by molar-refractivity contribution is -0.117. The van der Waals surface area contributed by atoms with Crippen LogP contribution in [0.25, 0.3) is 0 Å². The van der Waals surface area contributed by atoms with Crippen LogP contribution < -0.4 is 4.90 Å². The molecule has 2 heterocycles. The van der Waals surface area contributed by atoms with Gasteiger partial charge in [0.05, 0.1) is 29.7 Å². The minimum absolute atomic E-state index is 0.0124. The Kier molecular flexibility index (Phi) is 5.01. The lowest BCUT2D eigenvalue weighted by atomic mass is 10.1. The van der Waals surface area contributed by atoms with E-state index in [1.54, 1.807) is 23.1 Å².